The third-order valence-electron chi connectivity index (χ3n) is 7.52. The second-order valence-corrected chi connectivity index (χ2v) is 10.6. The van der Waals surface area contributed by atoms with Crippen molar-refractivity contribution < 1.29 is 19.5 Å². The highest BCUT2D eigenvalue weighted by Crippen LogP contribution is 2.41. The Balaban J connectivity index is 1.59. The van der Waals surface area contributed by atoms with Crippen molar-refractivity contribution >= 4 is 34.1 Å². The average molecular weight is 447 g/mol. The first-order valence-corrected chi connectivity index (χ1v) is 12.8. The number of carboxylic acid groups (broad SMARTS) is 1. The van der Waals surface area contributed by atoms with E-state index in [0.717, 1.165) is 69.8 Å². The first-order chi connectivity index (χ1) is 15.0. The number of aliphatic carboxylic acids is 1. The van der Waals surface area contributed by atoms with E-state index in [4.69, 9.17) is 0 Å². The quantitative estimate of drug-likeness (QED) is 0.587. The summed E-state index contributed by atoms with van der Waals surface area (Å²) < 4.78 is 0. The summed E-state index contributed by atoms with van der Waals surface area (Å²) in [7, 11) is 0. The minimum Gasteiger partial charge on any atom is -0.481 e. The van der Waals surface area contributed by atoms with Crippen LogP contribution >= 0.6 is 11.3 Å². The van der Waals surface area contributed by atoms with Crippen molar-refractivity contribution in [2.24, 2.45) is 17.8 Å². The molecule has 2 amide bonds. The third-order valence-corrected chi connectivity index (χ3v) is 8.69. The summed E-state index contributed by atoms with van der Waals surface area (Å²) in [5.74, 6) is -1.76. The Morgan fingerprint density at radius 3 is 2.35 bits per heavy atom. The van der Waals surface area contributed by atoms with Gasteiger partial charge in [0.2, 0.25) is 5.91 Å². The van der Waals surface area contributed by atoms with Gasteiger partial charge in [0, 0.05) is 10.9 Å². The molecule has 2 saturated carbocycles. The first kappa shape index (κ1) is 22.3. The Labute approximate surface area is 188 Å². The van der Waals surface area contributed by atoms with Crippen molar-refractivity contribution in [1.29, 1.82) is 0 Å². The van der Waals surface area contributed by atoms with Gasteiger partial charge in [-0.3, -0.25) is 14.4 Å². The van der Waals surface area contributed by atoms with Gasteiger partial charge in [0.05, 0.1) is 17.4 Å². The predicted octanol–water partition coefficient (Wildman–Crippen LogP) is 4.76. The van der Waals surface area contributed by atoms with Gasteiger partial charge in [0.25, 0.3) is 5.91 Å². The Morgan fingerprint density at radius 2 is 1.68 bits per heavy atom. The molecule has 3 aliphatic carbocycles. The van der Waals surface area contributed by atoms with Crippen LogP contribution < -0.4 is 10.6 Å². The number of carbonyl (C=O) groups is 3. The Morgan fingerprint density at radius 1 is 1.00 bits per heavy atom. The molecule has 3 atom stereocenters. The molecule has 0 aliphatic heterocycles. The molecule has 3 unspecified atom stereocenters. The summed E-state index contributed by atoms with van der Waals surface area (Å²) in [4.78, 5) is 39.3. The lowest BCUT2D eigenvalue weighted by molar-refractivity contribution is -0.147. The zero-order chi connectivity index (χ0) is 22.0. The number of nitrogens with one attached hydrogen (secondary N) is 2. The molecule has 0 saturated heterocycles. The van der Waals surface area contributed by atoms with Crippen LogP contribution in [0.15, 0.2) is 0 Å². The lowest BCUT2D eigenvalue weighted by Gasteiger charge is -2.27. The highest BCUT2D eigenvalue weighted by Gasteiger charge is 2.37. The molecule has 7 heteroatoms. The van der Waals surface area contributed by atoms with Crippen LogP contribution in [-0.4, -0.2) is 28.9 Å². The van der Waals surface area contributed by atoms with Gasteiger partial charge in [-0.1, -0.05) is 39.0 Å². The summed E-state index contributed by atoms with van der Waals surface area (Å²) >= 11 is 1.53. The monoisotopic (exact) mass is 446 g/mol. The maximum Gasteiger partial charge on any atom is 0.307 e. The summed E-state index contributed by atoms with van der Waals surface area (Å²) in [6.45, 7) is 2.20. The van der Waals surface area contributed by atoms with Crippen LogP contribution in [0.25, 0.3) is 0 Å². The summed E-state index contributed by atoms with van der Waals surface area (Å²) in [5.41, 5.74) is 1.73. The molecule has 3 aliphatic rings. The number of rotatable bonds is 6. The standard InChI is InChI=1S/C24H34N2O4S/c1-2-14-11-12-18-19(13-14)31-23(20(18)22(28)25-15-7-3-4-8-15)26-21(27)16-9-5-6-10-17(16)24(29)30/h14-17H,2-13H2,1H3,(H,25,28)(H,26,27)(H,29,30). The topological polar surface area (TPSA) is 95.5 Å². The minimum atomic E-state index is -0.893. The first-order valence-electron chi connectivity index (χ1n) is 12.0. The van der Waals surface area contributed by atoms with Gasteiger partial charge in [-0.05, 0) is 56.4 Å². The van der Waals surface area contributed by atoms with E-state index in [-0.39, 0.29) is 17.9 Å². The van der Waals surface area contributed by atoms with E-state index in [1.165, 1.54) is 16.2 Å². The average Bonchev–Trinajstić information content (AvgIpc) is 3.40. The molecule has 0 bridgehead atoms. The van der Waals surface area contributed by atoms with E-state index in [1.54, 1.807) is 0 Å². The van der Waals surface area contributed by atoms with Crippen molar-refractivity contribution in [2.75, 3.05) is 5.32 Å². The molecule has 170 valence electrons. The summed E-state index contributed by atoms with van der Waals surface area (Å²) in [6, 6.07) is 0.216. The van der Waals surface area contributed by atoms with Crippen molar-refractivity contribution in [2.45, 2.75) is 90.0 Å². The van der Waals surface area contributed by atoms with Crippen molar-refractivity contribution in [1.82, 2.24) is 5.32 Å². The number of thiophene rings is 1. The highest BCUT2D eigenvalue weighted by atomic mass is 32.1. The van der Waals surface area contributed by atoms with Crippen molar-refractivity contribution in [3.63, 3.8) is 0 Å². The zero-order valence-corrected chi connectivity index (χ0v) is 19.2. The van der Waals surface area contributed by atoms with Crippen LogP contribution in [-0.2, 0) is 22.4 Å². The Bertz CT molecular complexity index is 843. The SMILES string of the molecule is CCC1CCc2c(sc(NC(=O)C3CCCCC3C(=O)O)c2C(=O)NC2CCCC2)C1. The number of carbonyl (C=O) groups excluding carboxylic acids is 2. The van der Waals surface area contributed by atoms with Crippen LogP contribution in [0.1, 0.15) is 91.9 Å². The molecule has 31 heavy (non-hydrogen) atoms. The number of hydrogen-bond acceptors (Lipinski definition) is 4. The van der Waals surface area contributed by atoms with E-state index in [9.17, 15) is 19.5 Å². The number of carboxylic acids is 1. The maximum atomic E-state index is 13.3. The fourth-order valence-corrected chi connectivity index (χ4v) is 6.97. The van der Waals surface area contributed by atoms with Crippen LogP contribution in [0.3, 0.4) is 0 Å². The summed E-state index contributed by atoms with van der Waals surface area (Å²) in [5, 5.41) is 16.4. The molecule has 0 radical (unpaired) electrons. The fraction of sp³-hybridized carbons (Fsp3) is 0.708. The lowest BCUT2D eigenvalue weighted by atomic mass is 9.78. The van der Waals surface area contributed by atoms with Crippen LogP contribution in [0.5, 0.6) is 0 Å². The van der Waals surface area contributed by atoms with E-state index >= 15 is 0 Å². The lowest BCUT2D eigenvalue weighted by Crippen LogP contribution is -2.37. The van der Waals surface area contributed by atoms with Gasteiger partial charge < -0.3 is 15.7 Å². The molecule has 6 nitrogen and oxygen atoms in total. The zero-order valence-electron chi connectivity index (χ0n) is 18.4. The molecule has 1 heterocycles. The van der Waals surface area contributed by atoms with Gasteiger partial charge in [0.1, 0.15) is 5.00 Å². The summed E-state index contributed by atoms with van der Waals surface area (Å²) in [6.07, 6.45) is 11.2. The molecule has 0 aromatic carbocycles. The van der Waals surface area contributed by atoms with Crippen LogP contribution in [0, 0.1) is 17.8 Å². The number of hydrogen-bond donors (Lipinski definition) is 3. The molecule has 1 aromatic heterocycles. The largest absolute Gasteiger partial charge is 0.481 e. The highest BCUT2D eigenvalue weighted by molar-refractivity contribution is 7.17. The van der Waals surface area contributed by atoms with E-state index in [1.807, 2.05) is 0 Å². The van der Waals surface area contributed by atoms with Crippen molar-refractivity contribution in [3.05, 3.63) is 16.0 Å². The smallest absolute Gasteiger partial charge is 0.307 e. The van der Waals surface area contributed by atoms with Gasteiger partial charge in [-0.25, -0.2) is 0 Å². The van der Waals surface area contributed by atoms with Gasteiger partial charge in [0.15, 0.2) is 0 Å². The van der Waals surface area contributed by atoms with E-state index in [0.29, 0.717) is 29.3 Å². The number of amides is 2. The molecule has 3 N–H and O–H groups in total. The predicted molar refractivity (Wildman–Crippen MR) is 122 cm³/mol. The van der Waals surface area contributed by atoms with Crippen LogP contribution in [0.4, 0.5) is 5.00 Å². The second-order valence-electron chi connectivity index (χ2n) is 9.50. The number of fused-ring (bicyclic) bond motifs is 1. The Kier molecular flexibility index (Phi) is 6.99. The normalized spacial score (nSPS) is 26.3. The molecule has 0 spiro atoms. The third kappa shape index (κ3) is 4.81. The second kappa shape index (κ2) is 9.72. The number of anilines is 1. The van der Waals surface area contributed by atoms with E-state index in [2.05, 4.69) is 17.6 Å². The van der Waals surface area contributed by atoms with Crippen molar-refractivity contribution in [3.8, 4) is 0 Å². The maximum absolute atomic E-state index is 13.3. The van der Waals surface area contributed by atoms with Gasteiger partial charge in [-0.15, -0.1) is 11.3 Å². The van der Waals surface area contributed by atoms with Gasteiger partial charge >= 0.3 is 5.97 Å². The van der Waals surface area contributed by atoms with Gasteiger partial charge in [-0.2, -0.15) is 0 Å². The molecule has 4 rings (SSSR count). The fourth-order valence-electron chi connectivity index (χ4n) is 5.60. The molecular formula is C24H34N2O4S. The molecule has 1 aromatic rings. The molecular weight excluding hydrogens is 412 g/mol. The Hall–Kier alpha value is -1.89. The minimum absolute atomic E-state index is 0.0759. The van der Waals surface area contributed by atoms with Crippen LogP contribution in [0.2, 0.25) is 0 Å². The molecule has 2 fully saturated rings. The van der Waals surface area contributed by atoms with E-state index < -0.39 is 17.8 Å².